The Morgan fingerprint density at radius 2 is 1.25 bits per heavy atom. The van der Waals surface area contributed by atoms with Gasteiger partial charge >= 0.3 is 0 Å². The Labute approximate surface area is 144 Å². The number of carbonyl (C=O) groups excluding carboxylic acids is 2. The van der Waals surface area contributed by atoms with Gasteiger partial charge in [-0.1, -0.05) is 23.2 Å². The third-order valence-electron chi connectivity index (χ3n) is 2.63. The van der Waals surface area contributed by atoms with Crippen molar-refractivity contribution in [1.82, 2.24) is 0 Å². The highest BCUT2D eigenvalue weighted by Gasteiger charge is 2.13. The van der Waals surface area contributed by atoms with Crippen LogP contribution in [0.25, 0.3) is 0 Å². The highest BCUT2D eigenvalue weighted by atomic mass is 35.5. The van der Waals surface area contributed by atoms with E-state index in [4.69, 9.17) is 23.2 Å². The van der Waals surface area contributed by atoms with Crippen molar-refractivity contribution in [2.24, 2.45) is 0 Å². The highest BCUT2D eigenvalue weighted by molar-refractivity contribution is 6.31. The maximum atomic E-state index is 10.3. The predicted molar refractivity (Wildman–Crippen MR) is 87.0 cm³/mol. The molecule has 0 aliphatic carbocycles. The van der Waals surface area contributed by atoms with Crippen molar-refractivity contribution in [3.05, 3.63) is 77.8 Å². The molecule has 0 aromatic heterocycles. The molecule has 0 unspecified atom stereocenters. The van der Waals surface area contributed by atoms with Gasteiger partial charge in [0.25, 0.3) is 11.4 Å². The van der Waals surface area contributed by atoms with Crippen LogP contribution in [0.15, 0.2) is 36.4 Å². The van der Waals surface area contributed by atoms with Crippen molar-refractivity contribution in [2.45, 2.75) is 0 Å². The molecule has 24 heavy (non-hydrogen) atoms. The molecule has 8 nitrogen and oxygen atoms in total. The van der Waals surface area contributed by atoms with Crippen LogP contribution in [0.1, 0.15) is 20.7 Å². The summed E-state index contributed by atoms with van der Waals surface area (Å²) >= 11 is 11.0. The molecular weight excluding hydrogens is 363 g/mol. The number of hydrogen-bond donors (Lipinski definition) is 0. The van der Waals surface area contributed by atoms with Crippen molar-refractivity contribution in [1.29, 1.82) is 0 Å². The minimum absolute atomic E-state index is 0.00694. The van der Waals surface area contributed by atoms with Crippen molar-refractivity contribution >= 4 is 47.1 Å². The topological polar surface area (TPSA) is 120 Å². The molecule has 0 atom stereocenters. The fourth-order valence-corrected chi connectivity index (χ4v) is 1.91. The number of hydrogen-bond acceptors (Lipinski definition) is 6. The molecule has 0 N–H and O–H groups in total. The molecule has 0 aliphatic rings. The van der Waals surface area contributed by atoms with E-state index in [9.17, 15) is 29.8 Å². The Kier molecular flexibility index (Phi) is 6.97. The molecule has 0 aliphatic heterocycles. The molecular formula is C14H8Cl2N2O6. The van der Waals surface area contributed by atoms with E-state index in [1.54, 1.807) is 0 Å². The van der Waals surface area contributed by atoms with Gasteiger partial charge in [-0.25, -0.2) is 0 Å². The van der Waals surface area contributed by atoms with Gasteiger partial charge in [0.1, 0.15) is 0 Å². The van der Waals surface area contributed by atoms with Crippen LogP contribution in [-0.2, 0) is 0 Å². The zero-order chi connectivity index (χ0) is 18.3. The third kappa shape index (κ3) is 5.11. The van der Waals surface area contributed by atoms with Crippen LogP contribution in [-0.4, -0.2) is 22.4 Å². The maximum Gasteiger partial charge on any atom is 0.281 e. The van der Waals surface area contributed by atoms with Crippen LogP contribution < -0.4 is 0 Å². The van der Waals surface area contributed by atoms with Crippen LogP contribution >= 0.6 is 23.2 Å². The van der Waals surface area contributed by atoms with Crippen LogP contribution in [0.2, 0.25) is 10.0 Å². The molecule has 124 valence electrons. The van der Waals surface area contributed by atoms with E-state index in [1.807, 2.05) is 0 Å². The van der Waals surface area contributed by atoms with Crippen molar-refractivity contribution in [2.75, 3.05) is 0 Å². The zero-order valence-corrected chi connectivity index (χ0v) is 13.2. The number of aldehydes is 2. The largest absolute Gasteiger partial charge is 0.298 e. The van der Waals surface area contributed by atoms with Crippen molar-refractivity contribution in [3.8, 4) is 0 Å². The van der Waals surface area contributed by atoms with Gasteiger partial charge in [0, 0.05) is 22.2 Å². The van der Waals surface area contributed by atoms with Gasteiger partial charge in [-0.3, -0.25) is 29.8 Å². The Hall–Kier alpha value is -2.84. The zero-order valence-electron chi connectivity index (χ0n) is 11.7. The van der Waals surface area contributed by atoms with Crippen LogP contribution in [0, 0.1) is 20.2 Å². The lowest BCUT2D eigenvalue weighted by molar-refractivity contribution is -0.385. The van der Waals surface area contributed by atoms with Crippen LogP contribution in [0.5, 0.6) is 0 Å². The number of nitro groups is 2. The Morgan fingerprint density at radius 3 is 1.75 bits per heavy atom. The number of halogens is 2. The molecule has 0 spiro atoms. The van der Waals surface area contributed by atoms with Gasteiger partial charge in [-0.05, 0) is 24.3 Å². The van der Waals surface area contributed by atoms with Gasteiger partial charge in [0.2, 0.25) is 0 Å². The van der Waals surface area contributed by atoms with E-state index < -0.39 is 9.85 Å². The Morgan fingerprint density at radius 1 is 0.750 bits per heavy atom. The molecule has 0 amide bonds. The fraction of sp³-hybridized carbons (Fsp3) is 0. The minimum Gasteiger partial charge on any atom is -0.298 e. The van der Waals surface area contributed by atoms with Gasteiger partial charge < -0.3 is 0 Å². The lowest BCUT2D eigenvalue weighted by Gasteiger charge is -1.94. The van der Waals surface area contributed by atoms with Gasteiger partial charge in [0.15, 0.2) is 12.6 Å². The summed E-state index contributed by atoms with van der Waals surface area (Å²) in [7, 11) is 0. The molecule has 0 saturated heterocycles. The van der Waals surface area contributed by atoms with Crippen LogP contribution in [0.4, 0.5) is 11.4 Å². The second-order valence-electron chi connectivity index (χ2n) is 4.16. The average molecular weight is 371 g/mol. The summed E-state index contributed by atoms with van der Waals surface area (Å²) in [5, 5.41) is 21.2. The molecule has 2 aromatic carbocycles. The molecule has 2 rings (SSSR count). The van der Waals surface area contributed by atoms with E-state index in [0.717, 1.165) is 6.07 Å². The number of rotatable bonds is 4. The van der Waals surface area contributed by atoms with E-state index in [2.05, 4.69) is 0 Å². The average Bonchev–Trinajstić information content (AvgIpc) is 2.54. The molecule has 2 aromatic rings. The van der Waals surface area contributed by atoms with E-state index in [1.165, 1.54) is 30.3 Å². The van der Waals surface area contributed by atoms with Gasteiger partial charge in [-0.15, -0.1) is 0 Å². The first kappa shape index (κ1) is 19.2. The third-order valence-corrected chi connectivity index (χ3v) is 3.10. The minimum atomic E-state index is -0.643. The normalized spacial score (nSPS) is 9.42. The molecule has 0 fully saturated rings. The summed E-state index contributed by atoms with van der Waals surface area (Å²) < 4.78 is 0. The molecule has 0 bridgehead atoms. The van der Waals surface area contributed by atoms with Crippen molar-refractivity contribution in [3.63, 3.8) is 0 Å². The summed E-state index contributed by atoms with van der Waals surface area (Å²) in [6.07, 6.45) is 0.832. The SMILES string of the molecule is O=Cc1cc(Cl)ccc1[N+](=O)[O-].O=Cc1ccc(Cl)cc1[N+](=O)[O-]. The van der Waals surface area contributed by atoms with Gasteiger partial charge in [0.05, 0.1) is 21.0 Å². The summed E-state index contributed by atoms with van der Waals surface area (Å²) in [6.45, 7) is 0. The fourth-order valence-electron chi connectivity index (χ4n) is 1.56. The first-order chi connectivity index (χ1) is 11.3. The summed E-state index contributed by atoms with van der Waals surface area (Å²) in [5.74, 6) is 0. The lowest BCUT2D eigenvalue weighted by Crippen LogP contribution is -1.93. The number of nitrogens with zero attached hydrogens (tertiary/aromatic N) is 2. The standard InChI is InChI=1S/2C7H4ClNO3/c8-6-1-2-7(9(11)12)5(3-6)4-10;8-6-2-1-5(4-10)7(3-6)9(11)12/h2*1-4H. The van der Waals surface area contributed by atoms with Crippen LogP contribution in [0.3, 0.4) is 0 Å². The summed E-state index contributed by atoms with van der Waals surface area (Å²) in [4.78, 5) is 40.0. The maximum absolute atomic E-state index is 10.3. The first-order valence-electron chi connectivity index (χ1n) is 6.08. The monoisotopic (exact) mass is 370 g/mol. The highest BCUT2D eigenvalue weighted by Crippen LogP contribution is 2.21. The molecule has 0 heterocycles. The predicted octanol–water partition coefficient (Wildman–Crippen LogP) is 4.12. The lowest BCUT2D eigenvalue weighted by atomic mass is 10.2. The molecule has 0 saturated carbocycles. The Balaban J connectivity index is 0.000000240. The second kappa shape index (κ2) is 8.70. The Bertz CT molecular complexity index is 810. The number of carbonyl (C=O) groups is 2. The number of benzene rings is 2. The van der Waals surface area contributed by atoms with Gasteiger partial charge in [-0.2, -0.15) is 0 Å². The smallest absolute Gasteiger partial charge is 0.281 e. The molecule has 0 radical (unpaired) electrons. The first-order valence-corrected chi connectivity index (χ1v) is 6.84. The summed E-state index contributed by atoms with van der Waals surface area (Å²) in [6, 6.07) is 7.71. The molecule has 10 heteroatoms. The van der Waals surface area contributed by atoms with E-state index >= 15 is 0 Å². The second-order valence-corrected chi connectivity index (χ2v) is 5.03. The van der Waals surface area contributed by atoms with E-state index in [-0.39, 0.29) is 27.5 Å². The van der Waals surface area contributed by atoms with Crippen molar-refractivity contribution < 1.29 is 19.4 Å². The quantitative estimate of drug-likeness (QED) is 0.453. The summed E-state index contributed by atoms with van der Waals surface area (Å²) in [5.41, 5.74) is -0.469. The number of nitro benzene ring substituents is 2. The van der Waals surface area contributed by atoms with E-state index in [0.29, 0.717) is 17.6 Å².